The molecule has 1 aromatic carbocycles. The summed E-state index contributed by atoms with van der Waals surface area (Å²) in [6.45, 7) is 6.35. The minimum absolute atomic E-state index is 0.688. The van der Waals surface area contributed by atoms with Crippen molar-refractivity contribution >= 4 is 6.21 Å². The van der Waals surface area contributed by atoms with Crippen LogP contribution >= 0.6 is 0 Å². The minimum Gasteiger partial charge on any atom is -0.288 e. The van der Waals surface area contributed by atoms with Crippen molar-refractivity contribution in [3.8, 4) is 0 Å². The molecule has 1 heteroatoms. The fourth-order valence-electron chi connectivity index (χ4n) is 0.885. The van der Waals surface area contributed by atoms with Gasteiger partial charge >= 0.3 is 0 Å². The molecule has 12 heavy (non-hydrogen) atoms. The average molecular weight is 159 g/mol. The van der Waals surface area contributed by atoms with Crippen LogP contribution in [0.2, 0.25) is 0 Å². The van der Waals surface area contributed by atoms with Gasteiger partial charge in [0.2, 0.25) is 0 Å². The SMILES string of the molecule is C=CC/N=C/c1ccc(C)cc1. The highest BCUT2D eigenvalue weighted by Gasteiger charge is 1.85. The molecule has 0 bridgehead atoms. The van der Waals surface area contributed by atoms with Crippen LogP contribution in [0.1, 0.15) is 11.1 Å². The van der Waals surface area contributed by atoms with Gasteiger partial charge in [0.25, 0.3) is 0 Å². The van der Waals surface area contributed by atoms with Gasteiger partial charge < -0.3 is 0 Å². The smallest absolute Gasteiger partial charge is 0.0567 e. The zero-order valence-electron chi connectivity index (χ0n) is 7.33. The van der Waals surface area contributed by atoms with E-state index in [0.717, 1.165) is 5.56 Å². The van der Waals surface area contributed by atoms with E-state index in [1.807, 2.05) is 6.21 Å². The first-order chi connectivity index (χ1) is 5.83. The van der Waals surface area contributed by atoms with Gasteiger partial charge in [-0.3, -0.25) is 4.99 Å². The van der Waals surface area contributed by atoms with E-state index in [9.17, 15) is 0 Å². The second-order valence-corrected chi connectivity index (χ2v) is 2.69. The van der Waals surface area contributed by atoms with Crippen molar-refractivity contribution in [2.24, 2.45) is 4.99 Å². The van der Waals surface area contributed by atoms with E-state index in [2.05, 4.69) is 42.8 Å². The van der Waals surface area contributed by atoms with Gasteiger partial charge in [0.05, 0.1) is 6.54 Å². The molecule has 0 unspecified atom stereocenters. The maximum absolute atomic E-state index is 4.15. The van der Waals surface area contributed by atoms with Gasteiger partial charge in [-0.1, -0.05) is 35.9 Å². The third kappa shape index (κ3) is 2.70. The van der Waals surface area contributed by atoms with E-state index < -0.39 is 0 Å². The van der Waals surface area contributed by atoms with Gasteiger partial charge in [-0.05, 0) is 12.5 Å². The summed E-state index contributed by atoms with van der Waals surface area (Å²) >= 11 is 0. The van der Waals surface area contributed by atoms with Gasteiger partial charge in [0.15, 0.2) is 0 Å². The Hall–Kier alpha value is -1.37. The van der Waals surface area contributed by atoms with Crippen LogP contribution in [0.15, 0.2) is 41.9 Å². The van der Waals surface area contributed by atoms with Gasteiger partial charge in [0, 0.05) is 6.21 Å². The van der Waals surface area contributed by atoms with E-state index >= 15 is 0 Å². The molecule has 0 aliphatic carbocycles. The molecule has 0 aliphatic heterocycles. The summed E-state index contributed by atoms with van der Waals surface area (Å²) < 4.78 is 0. The number of aryl methyl sites for hydroxylation is 1. The molecule has 0 saturated carbocycles. The molecule has 0 amide bonds. The highest BCUT2D eigenvalue weighted by atomic mass is 14.7. The molecular formula is C11H13N. The normalized spacial score (nSPS) is 10.4. The average Bonchev–Trinajstić information content (AvgIpc) is 2.09. The van der Waals surface area contributed by atoms with E-state index in [-0.39, 0.29) is 0 Å². The minimum atomic E-state index is 0.688. The zero-order chi connectivity index (χ0) is 8.81. The first-order valence-corrected chi connectivity index (χ1v) is 4.00. The topological polar surface area (TPSA) is 12.4 Å². The molecule has 62 valence electrons. The van der Waals surface area contributed by atoms with Crippen molar-refractivity contribution in [3.05, 3.63) is 48.0 Å². The Morgan fingerprint density at radius 1 is 1.33 bits per heavy atom. The van der Waals surface area contributed by atoms with Gasteiger partial charge in [-0.2, -0.15) is 0 Å². The summed E-state index contributed by atoms with van der Waals surface area (Å²) in [6.07, 6.45) is 3.64. The Labute approximate surface area is 73.5 Å². The summed E-state index contributed by atoms with van der Waals surface area (Å²) in [4.78, 5) is 4.15. The summed E-state index contributed by atoms with van der Waals surface area (Å²) in [5.41, 5.74) is 2.42. The molecule has 0 atom stereocenters. The number of benzene rings is 1. The maximum atomic E-state index is 4.15. The van der Waals surface area contributed by atoms with Crippen molar-refractivity contribution in [3.63, 3.8) is 0 Å². The second-order valence-electron chi connectivity index (χ2n) is 2.69. The molecular weight excluding hydrogens is 146 g/mol. The molecule has 0 aliphatic rings. The van der Waals surface area contributed by atoms with Crippen LogP contribution in [0.4, 0.5) is 0 Å². The van der Waals surface area contributed by atoms with Crippen molar-refractivity contribution in [1.82, 2.24) is 0 Å². The summed E-state index contributed by atoms with van der Waals surface area (Å²) in [5.74, 6) is 0. The molecule has 1 aromatic rings. The van der Waals surface area contributed by atoms with Crippen LogP contribution in [0.3, 0.4) is 0 Å². The highest BCUT2D eigenvalue weighted by molar-refractivity contribution is 5.79. The summed E-state index contributed by atoms with van der Waals surface area (Å²) in [6, 6.07) is 8.27. The monoisotopic (exact) mass is 159 g/mol. The molecule has 1 nitrogen and oxygen atoms in total. The summed E-state index contributed by atoms with van der Waals surface area (Å²) in [5, 5.41) is 0. The van der Waals surface area contributed by atoms with Crippen LogP contribution in [-0.2, 0) is 0 Å². The van der Waals surface area contributed by atoms with E-state index in [0.29, 0.717) is 6.54 Å². The van der Waals surface area contributed by atoms with Crippen LogP contribution in [0.5, 0.6) is 0 Å². The molecule has 0 heterocycles. The third-order valence-corrected chi connectivity index (χ3v) is 1.55. The fourth-order valence-corrected chi connectivity index (χ4v) is 0.885. The predicted octanol–water partition coefficient (Wildman–Crippen LogP) is 2.60. The van der Waals surface area contributed by atoms with Crippen molar-refractivity contribution < 1.29 is 0 Å². The molecule has 0 aromatic heterocycles. The third-order valence-electron chi connectivity index (χ3n) is 1.55. The lowest BCUT2D eigenvalue weighted by Crippen LogP contribution is -1.81. The Morgan fingerprint density at radius 3 is 2.58 bits per heavy atom. The van der Waals surface area contributed by atoms with E-state index in [1.165, 1.54) is 5.56 Å². The van der Waals surface area contributed by atoms with E-state index in [1.54, 1.807) is 6.08 Å². The van der Waals surface area contributed by atoms with Gasteiger partial charge in [0.1, 0.15) is 0 Å². The molecule has 0 radical (unpaired) electrons. The summed E-state index contributed by atoms with van der Waals surface area (Å²) in [7, 11) is 0. The first kappa shape index (κ1) is 8.72. The maximum Gasteiger partial charge on any atom is 0.0567 e. The number of aliphatic imine (C=N–C) groups is 1. The van der Waals surface area contributed by atoms with Gasteiger partial charge in [-0.25, -0.2) is 0 Å². The Balaban J connectivity index is 2.64. The zero-order valence-corrected chi connectivity index (χ0v) is 7.33. The Kier molecular flexibility index (Phi) is 3.27. The standard InChI is InChI=1S/C11H13N/c1-3-8-12-9-11-6-4-10(2)5-7-11/h3-7,9H,1,8H2,2H3/b12-9+. The van der Waals surface area contributed by atoms with E-state index in [4.69, 9.17) is 0 Å². The lowest BCUT2D eigenvalue weighted by atomic mass is 10.2. The van der Waals surface area contributed by atoms with Crippen molar-refractivity contribution in [2.75, 3.05) is 6.54 Å². The van der Waals surface area contributed by atoms with Crippen molar-refractivity contribution in [2.45, 2.75) is 6.92 Å². The Morgan fingerprint density at radius 2 is 2.00 bits per heavy atom. The molecule has 0 N–H and O–H groups in total. The number of rotatable bonds is 3. The Bertz CT molecular complexity index is 270. The number of hydrogen-bond acceptors (Lipinski definition) is 1. The lowest BCUT2D eigenvalue weighted by molar-refractivity contribution is 1.26. The largest absolute Gasteiger partial charge is 0.288 e. The second kappa shape index (κ2) is 4.50. The van der Waals surface area contributed by atoms with Crippen LogP contribution in [-0.4, -0.2) is 12.8 Å². The van der Waals surface area contributed by atoms with Gasteiger partial charge in [-0.15, -0.1) is 6.58 Å². The van der Waals surface area contributed by atoms with Crippen LogP contribution < -0.4 is 0 Å². The first-order valence-electron chi connectivity index (χ1n) is 4.00. The fraction of sp³-hybridized carbons (Fsp3) is 0.182. The molecule has 0 spiro atoms. The molecule has 1 rings (SSSR count). The molecule has 0 fully saturated rings. The number of nitrogens with zero attached hydrogens (tertiary/aromatic N) is 1. The quantitative estimate of drug-likeness (QED) is 0.475. The van der Waals surface area contributed by atoms with Crippen molar-refractivity contribution in [1.29, 1.82) is 0 Å². The molecule has 0 saturated heterocycles. The van der Waals surface area contributed by atoms with Crippen LogP contribution in [0.25, 0.3) is 0 Å². The van der Waals surface area contributed by atoms with Crippen LogP contribution in [0, 0.1) is 6.92 Å². The lowest BCUT2D eigenvalue weighted by Gasteiger charge is -1.92. The number of hydrogen-bond donors (Lipinski definition) is 0. The predicted molar refractivity (Wildman–Crippen MR) is 53.8 cm³/mol. The highest BCUT2D eigenvalue weighted by Crippen LogP contribution is 1.99.